The molecule has 2 aromatic rings. The second-order valence-corrected chi connectivity index (χ2v) is 6.80. The van der Waals surface area contributed by atoms with Crippen molar-refractivity contribution in [1.82, 2.24) is 5.32 Å². The summed E-state index contributed by atoms with van der Waals surface area (Å²) in [5.74, 6) is 1.08. The van der Waals surface area contributed by atoms with Crippen LogP contribution >= 0.6 is 35.0 Å². The highest BCUT2D eigenvalue weighted by atomic mass is 35.5. The molecule has 0 saturated heterocycles. The van der Waals surface area contributed by atoms with E-state index in [1.807, 2.05) is 6.07 Å². The largest absolute Gasteiger partial charge is 0.351 e. The zero-order chi connectivity index (χ0) is 17.5. The number of carbonyl (C=O) groups excluding carboxylic acids is 1. The monoisotopic (exact) mass is 384 g/mol. The summed E-state index contributed by atoms with van der Waals surface area (Å²) in [5, 5.41) is 14.7. The van der Waals surface area contributed by atoms with Gasteiger partial charge in [0.15, 0.2) is 0 Å². The Labute approximate surface area is 153 Å². The van der Waals surface area contributed by atoms with Crippen molar-refractivity contribution in [3.63, 3.8) is 0 Å². The van der Waals surface area contributed by atoms with Crippen molar-refractivity contribution in [2.24, 2.45) is 0 Å². The first-order valence-corrected chi connectivity index (χ1v) is 8.93. The maximum atomic E-state index is 12.0. The standard InChI is InChI=1S/C16H14Cl2N2O3S/c17-13-5-4-12(15(18)9-13)10-24-7-6-19-16(21)11-2-1-3-14(8-11)20(22)23/h1-5,8-9H,6-7,10H2,(H,19,21). The SMILES string of the molecule is O=C(NCCSCc1ccc(Cl)cc1Cl)c1cccc([N+](=O)[O-])c1. The van der Waals surface area contributed by atoms with Crippen molar-refractivity contribution in [1.29, 1.82) is 0 Å². The molecule has 0 unspecified atom stereocenters. The summed E-state index contributed by atoms with van der Waals surface area (Å²) in [6, 6.07) is 11.0. The van der Waals surface area contributed by atoms with Crippen molar-refractivity contribution in [3.8, 4) is 0 Å². The van der Waals surface area contributed by atoms with Crippen LogP contribution in [0.4, 0.5) is 5.69 Å². The molecule has 1 N–H and O–H groups in total. The van der Waals surface area contributed by atoms with E-state index < -0.39 is 4.92 Å². The molecule has 5 nitrogen and oxygen atoms in total. The number of carbonyl (C=O) groups is 1. The number of non-ortho nitro benzene ring substituents is 1. The first-order chi connectivity index (χ1) is 11.5. The van der Waals surface area contributed by atoms with Crippen LogP contribution in [0.1, 0.15) is 15.9 Å². The van der Waals surface area contributed by atoms with E-state index in [9.17, 15) is 14.9 Å². The molecule has 0 fully saturated rings. The van der Waals surface area contributed by atoms with Crippen LogP contribution < -0.4 is 5.32 Å². The Morgan fingerprint density at radius 2 is 2.00 bits per heavy atom. The summed E-state index contributed by atoms with van der Waals surface area (Å²) in [6.07, 6.45) is 0. The molecule has 0 aliphatic rings. The van der Waals surface area contributed by atoms with Gasteiger partial charge < -0.3 is 5.32 Å². The van der Waals surface area contributed by atoms with E-state index in [0.717, 1.165) is 5.56 Å². The van der Waals surface area contributed by atoms with Crippen LogP contribution in [0.3, 0.4) is 0 Å². The quantitative estimate of drug-likeness (QED) is 0.431. The van der Waals surface area contributed by atoms with Crippen molar-refractivity contribution in [2.45, 2.75) is 5.75 Å². The van der Waals surface area contributed by atoms with Crippen LogP contribution in [0.2, 0.25) is 10.0 Å². The van der Waals surface area contributed by atoms with E-state index in [2.05, 4.69) is 5.32 Å². The lowest BCUT2D eigenvalue weighted by atomic mass is 10.2. The summed E-state index contributed by atoms with van der Waals surface area (Å²) in [6.45, 7) is 0.456. The molecule has 0 aliphatic carbocycles. The number of benzene rings is 2. The van der Waals surface area contributed by atoms with Gasteiger partial charge in [-0.05, 0) is 23.8 Å². The average molecular weight is 385 g/mol. The molecule has 126 valence electrons. The van der Waals surface area contributed by atoms with Gasteiger partial charge in [-0.2, -0.15) is 11.8 Å². The number of hydrogen-bond acceptors (Lipinski definition) is 4. The molecule has 0 aromatic heterocycles. The van der Waals surface area contributed by atoms with E-state index in [4.69, 9.17) is 23.2 Å². The van der Waals surface area contributed by atoms with Crippen LogP contribution in [-0.2, 0) is 5.75 Å². The van der Waals surface area contributed by atoms with Gasteiger partial charge >= 0.3 is 0 Å². The number of nitro benzene ring substituents is 1. The van der Waals surface area contributed by atoms with Crippen LogP contribution in [0, 0.1) is 10.1 Å². The molecule has 2 rings (SSSR count). The Bertz CT molecular complexity index is 756. The zero-order valence-electron chi connectivity index (χ0n) is 12.5. The maximum absolute atomic E-state index is 12.0. The lowest BCUT2D eigenvalue weighted by Crippen LogP contribution is -2.25. The summed E-state index contributed by atoms with van der Waals surface area (Å²) in [4.78, 5) is 22.1. The Morgan fingerprint density at radius 3 is 2.71 bits per heavy atom. The Hall–Kier alpha value is -1.76. The number of hydrogen-bond donors (Lipinski definition) is 1. The third-order valence-corrected chi connectivity index (χ3v) is 4.72. The van der Waals surface area contributed by atoms with Gasteiger partial charge in [-0.1, -0.05) is 35.3 Å². The molecule has 0 atom stereocenters. The van der Waals surface area contributed by atoms with E-state index in [-0.39, 0.29) is 17.2 Å². The number of nitro groups is 1. The topological polar surface area (TPSA) is 72.2 Å². The molecule has 8 heteroatoms. The molecule has 24 heavy (non-hydrogen) atoms. The molecule has 2 aromatic carbocycles. The number of rotatable bonds is 7. The fourth-order valence-electron chi connectivity index (χ4n) is 1.92. The van der Waals surface area contributed by atoms with Crippen molar-refractivity contribution >= 4 is 46.6 Å². The Kier molecular flexibility index (Phi) is 6.90. The third-order valence-electron chi connectivity index (χ3n) is 3.12. The molecular formula is C16H14Cl2N2O3S. The molecule has 0 radical (unpaired) electrons. The van der Waals surface area contributed by atoms with E-state index >= 15 is 0 Å². The minimum atomic E-state index is -0.525. The van der Waals surface area contributed by atoms with Crippen LogP contribution in [0.25, 0.3) is 0 Å². The van der Waals surface area contributed by atoms with Crippen molar-refractivity contribution in [3.05, 3.63) is 73.8 Å². The van der Waals surface area contributed by atoms with Gasteiger partial charge in [0.25, 0.3) is 11.6 Å². The zero-order valence-corrected chi connectivity index (χ0v) is 14.8. The van der Waals surface area contributed by atoms with Crippen molar-refractivity contribution < 1.29 is 9.72 Å². The molecule has 1 amide bonds. The van der Waals surface area contributed by atoms with E-state index in [1.165, 1.54) is 18.2 Å². The van der Waals surface area contributed by atoms with Gasteiger partial charge in [-0.15, -0.1) is 0 Å². The van der Waals surface area contributed by atoms with Crippen LogP contribution in [0.15, 0.2) is 42.5 Å². The lowest BCUT2D eigenvalue weighted by molar-refractivity contribution is -0.384. The van der Waals surface area contributed by atoms with Gasteiger partial charge in [-0.25, -0.2) is 0 Å². The molecular weight excluding hydrogens is 371 g/mol. The normalized spacial score (nSPS) is 10.4. The number of amides is 1. The fourth-order valence-corrected chi connectivity index (χ4v) is 3.34. The predicted octanol–water partition coefficient (Wildman–Crippen LogP) is 4.56. The molecule has 0 heterocycles. The van der Waals surface area contributed by atoms with Crippen molar-refractivity contribution in [2.75, 3.05) is 12.3 Å². The molecule has 0 bridgehead atoms. The third kappa shape index (κ3) is 5.40. The fraction of sp³-hybridized carbons (Fsp3) is 0.188. The number of nitrogens with one attached hydrogen (secondary N) is 1. The van der Waals surface area contributed by atoms with Gasteiger partial charge in [0.1, 0.15) is 0 Å². The summed E-state index contributed by atoms with van der Waals surface area (Å²) >= 11 is 13.6. The minimum absolute atomic E-state index is 0.102. The summed E-state index contributed by atoms with van der Waals surface area (Å²) in [7, 11) is 0. The second-order valence-electron chi connectivity index (χ2n) is 4.85. The highest BCUT2D eigenvalue weighted by molar-refractivity contribution is 7.98. The maximum Gasteiger partial charge on any atom is 0.270 e. The lowest BCUT2D eigenvalue weighted by Gasteiger charge is -2.07. The average Bonchev–Trinajstić information content (AvgIpc) is 2.56. The first kappa shape index (κ1) is 18.6. The predicted molar refractivity (Wildman–Crippen MR) is 98.1 cm³/mol. The highest BCUT2D eigenvalue weighted by Gasteiger charge is 2.10. The summed E-state index contributed by atoms with van der Waals surface area (Å²) in [5.41, 5.74) is 1.15. The van der Waals surface area contributed by atoms with E-state index in [1.54, 1.807) is 30.0 Å². The molecule has 0 saturated carbocycles. The van der Waals surface area contributed by atoms with Gasteiger partial charge in [0.05, 0.1) is 4.92 Å². The number of thioether (sulfide) groups is 1. The number of nitrogens with zero attached hydrogens (tertiary/aromatic N) is 1. The van der Waals surface area contributed by atoms with Gasteiger partial charge in [-0.3, -0.25) is 14.9 Å². The van der Waals surface area contributed by atoms with Crippen LogP contribution in [0.5, 0.6) is 0 Å². The number of halogens is 2. The van der Waals surface area contributed by atoms with Gasteiger partial charge in [0, 0.05) is 45.8 Å². The summed E-state index contributed by atoms with van der Waals surface area (Å²) < 4.78 is 0. The van der Waals surface area contributed by atoms with Gasteiger partial charge in [0.2, 0.25) is 0 Å². The second kappa shape index (κ2) is 8.92. The Balaban J connectivity index is 1.77. The van der Waals surface area contributed by atoms with E-state index in [0.29, 0.717) is 28.1 Å². The first-order valence-electron chi connectivity index (χ1n) is 7.01. The Morgan fingerprint density at radius 1 is 1.21 bits per heavy atom. The van der Waals surface area contributed by atoms with Crippen LogP contribution in [-0.4, -0.2) is 23.1 Å². The smallest absolute Gasteiger partial charge is 0.270 e. The highest BCUT2D eigenvalue weighted by Crippen LogP contribution is 2.24. The minimum Gasteiger partial charge on any atom is -0.351 e. The molecule has 0 spiro atoms. The molecule has 0 aliphatic heterocycles.